The predicted octanol–water partition coefficient (Wildman–Crippen LogP) is -3.10. The lowest BCUT2D eigenvalue weighted by molar-refractivity contribution is -0.147. The summed E-state index contributed by atoms with van der Waals surface area (Å²) in [4.78, 5) is 141. The Hall–Kier alpha value is -5.91. The SMILES string of the molecule is CC[C@H](C)[C@H](NC(=O)[C@H](CCCCN)NC(=O)[C@H](CC(C)C)NC(=O)[C@H](C)N)C(=O)N[C@@H](CC(=O)O)C(=O)N[C@@H](CC(N)=O)C(=O)N[C@@H](CC(C)C)C(=O)N[C@@H](CC(=O)O)C(=O)O. The molecule has 0 unspecified atom stereocenters. The van der Waals surface area contributed by atoms with Crippen LogP contribution >= 0.6 is 0 Å². The number of carbonyl (C=O) groups excluding carboxylic acids is 8. The molecular formula is C39H68N10O14. The zero-order chi connectivity index (χ0) is 48.7. The first-order valence-electron chi connectivity index (χ1n) is 20.8. The van der Waals surface area contributed by atoms with Crippen molar-refractivity contribution in [3.63, 3.8) is 0 Å². The van der Waals surface area contributed by atoms with E-state index in [1.54, 1.807) is 27.7 Å². The summed E-state index contributed by atoms with van der Waals surface area (Å²) in [5.41, 5.74) is 16.7. The van der Waals surface area contributed by atoms with Crippen LogP contribution in [0.2, 0.25) is 0 Å². The minimum absolute atomic E-state index is 0.0627. The Labute approximate surface area is 366 Å². The first-order valence-corrected chi connectivity index (χ1v) is 20.8. The van der Waals surface area contributed by atoms with Crippen LogP contribution in [-0.2, 0) is 52.7 Å². The van der Waals surface area contributed by atoms with E-state index in [1.807, 2.05) is 19.2 Å². The molecule has 24 nitrogen and oxygen atoms in total. The molecule has 0 saturated carbocycles. The number of carbonyl (C=O) groups is 11. The zero-order valence-electron chi connectivity index (χ0n) is 37.0. The van der Waals surface area contributed by atoms with Crippen LogP contribution < -0.4 is 54.4 Å². The summed E-state index contributed by atoms with van der Waals surface area (Å²) >= 11 is 0. The minimum atomic E-state index is -1.94. The van der Waals surface area contributed by atoms with Crippen LogP contribution in [0.25, 0.3) is 0 Å². The molecule has 0 aliphatic carbocycles. The van der Waals surface area contributed by atoms with Crippen LogP contribution in [0.5, 0.6) is 0 Å². The number of carboxylic acid groups (broad SMARTS) is 3. The predicted molar refractivity (Wildman–Crippen MR) is 224 cm³/mol. The molecule has 0 bridgehead atoms. The van der Waals surface area contributed by atoms with E-state index in [0.29, 0.717) is 12.8 Å². The van der Waals surface area contributed by atoms with Crippen LogP contribution in [0, 0.1) is 17.8 Å². The van der Waals surface area contributed by atoms with Gasteiger partial charge in [-0.3, -0.25) is 47.9 Å². The monoisotopic (exact) mass is 900 g/mol. The molecule has 16 N–H and O–H groups in total. The largest absolute Gasteiger partial charge is 0.481 e. The Morgan fingerprint density at radius 3 is 1.29 bits per heavy atom. The lowest BCUT2D eigenvalue weighted by atomic mass is 9.96. The summed E-state index contributed by atoms with van der Waals surface area (Å²) in [5, 5.41) is 44.7. The molecule has 0 rings (SSSR count). The topological polar surface area (TPSA) is 411 Å². The van der Waals surface area contributed by atoms with Gasteiger partial charge in [-0.05, 0) is 63.3 Å². The van der Waals surface area contributed by atoms with E-state index in [1.165, 1.54) is 6.92 Å². The molecule has 0 fully saturated rings. The van der Waals surface area contributed by atoms with E-state index in [2.05, 4.69) is 31.9 Å². The van der Waals surface area contributed by atoms with Gasteiger partial charge in [0.25, 0.3) is 0 Å². The van der Waals surface area contributed by atoms with Crippen LogP contribution in [0.15, 0.2) is 0 Å². The number of hydrogen-bond acceptors (Lipinski definition) is 13. The van der Waals surface area contributed by atoms with Crippen LogP contribution in [0.4, 0.5) is 0 Å². The fourth-order valence-corrected chi connectivity index (χ4v) is 5.95. The highest BCUT2D eigenvalue weighted by Crippen LogP contribution is 2.13. The summed E-state index contributed by atoms with van der Waals surface area (Å²) in [5.74, 6) is -13.7. The summed E-state index contributed by atoms with van der Waals surface area (Å²) in [7, 11) is 0. The lowest BCUT2D eigenvalue weighted by Crippen LogP contribution is -2.61. The van der Waals surface area contributed by atoms with Gasteiger partial charge in [0.1, 0.15) is 42.3 Å². The first-order chi connectivity index (χ1) is 29.2. The molecule has 63 heavy (non-hydrogen) atoms. The van der Waals surface area contributed by atoms with Gasteiger partial charge in [-0.2, -0.15) is 0 Å². The average molecular weight is 901 g/mol. The van der Waals surface area contributed by atoms with Crippen molar-refractivity contribution in [2.75, 3.05) is 6.54 Å². The van der Waals surface area contributed by atoms with Crippen LogP contribution in [-0.4, -0.2) is 135 Å². The number of amides is 8. The number of nitrogens with one attached hydrogen (secondary N) is 7. The van der Waals surface area contributed by atoms with Crippen molar-refractivity contribution >= 4 is 65.2 Å². The maximum absolute atomic E-state index is 13.9. The smallest absolute Gasteiger partial charge is 0.326 e. The molecule has 0 spiro atoms. The van der Waals surface area contributed by atoms with E-state index >= 15 is 0 Å². The molecule has 8 amide bonds. The summed E-state index contributed by atoms with van der Waals surface area (Å²) in [6, 6.07) is -11.9. The van der Waals surface area contributed by atoms with Gasteiger partial charge >= 0.3 is 17.9 Å². The van der Waals surface area contributed by atoms with Crippen molar-refractivity contribution in [3.05, 3.63) is 0 Å². The third-order valence-corrected chi connectivity index (χ3v) is 9.51. The van der Waals surface area contributed by atoms with Crippen molar-refractivity contribution < 1.29 is 68.1 Å². The van der Waals surface area contributed by atoms with Gasteiger partial charge in [0.05, 0.1) is 25.3 Å². The highest BCUT2D eigenvalue weighted by Gasteiger charge is 2.37. The molecule has 0 aromatic carbocycles. The molecule has 358 valence electrons. The fourth-order valence-electron chi connectivity index (χ4n) is 5.95. The number of primary amides is 1. The third kappa shape index (κ3) is 22.7. The highest BCUT2D eigenvalue weighted by molar-refractivity contribution is 5.99. The average Bonchev–Trinajstić information content (AvgIpc) is 3.16. The van der Waals surface area contributed by atoms with Crippen LogP contribution in [0.3, 0.4) is 0 Å². The highest BCUT2D eigenvalue weighted by atomic mass is 16.4. The molecule has 0 aromatic rings. The van der Waals surface area contributed by atoms with Crippen molar-refractivity contribution in [1.82, 2.24) is 37.2 Å². The Kier molecular flexibility index (Phi) is 26.0. The van der Waals surface area contributed by atoms with E-state index in [-0.39, 0.29) is 44.1 Å². The number of aliphatic carboxylic acids is 3. The van der Waals surface area contributed by atoms with Gasteiger partial charge in [0.2, 0.25) is 47.3 Å². The number of hydrogen-bond donors (Lipinski definition) is 13. The Bertz CT molecular complexity index is 1620. The van der Waals surface area contributed by atoms with E-state index in [4.69, 9.17) is 22.3 Å². The second-order valence-corrected chi connectivity index (χ2v) is 16.3. The molecule has 9 atom stereocenters. The molecule has 0 radical (unpaired) electrons. The van der Waals surface area contributed by atoms with E-state index in [9.17, 15) is 63.0 Å². The molecule has 24 heteroatoms. The van der Waals surface area contributed by atoms with Crippen molar-refractivity contribution in [2.24, 2.45) is 35.0 Å². The Morgan fingerprint density at radius 2 is 0.873 bits per heavy atom. The lowest BCUT2D eigenvalue weighted by Gasteiger charge is -2.29. The molecule has 0 aromatic heterocycles. The van der Waals surface area contributed by atoms with Crippen molar-refractivity contribution in [1.29, 1.82) is 0 Å². The Morgan fingerprint density at radius 1 is 0.492 bits per heavy atom. The van der Waals surface area contributed by atoms with Crippen LogP contribution in [0.1, 0.15) is 106 Å². The second-order valence-electron chi connectivity index (χ2n) is 16.3. The number of nitrogens with two attached hydrogens (primary N) is 3. The maximum Gasteiger partial charge on any atom is 0.326 e. The number of carboxylic acids is 3. The van der Waals surface area contributed by atoms with E-state index in [0.717, 1.165) is 0 Å². The molecule has 0 aliphatic rings. The van der Waals surface area contributed by atoms with Gasteiger partial charge in [-0.25, -0.2) is 4.79 Å². The standard InChI is InChI=1S/C39H68N10O14/c1-8-20(6)31(49-33(56)22(11-9-10-12-40)43-34(57)23(13-18(2)3)44-32(55)21(7)41)38(61)47-26(16-29(51)52)37(60)46-25(15-28(42)50)36(59)45-24(14-19(4)5)35(58)48-27(39(62)63)17-30(53)54/h18-27,31H,8-17,40-41H2,1-7H3,(H2,42,50)(H,43,57)(H,44,55)(H,45,59)(H,46,60)(H,47,61)(H,48,58)(H,49,56)(H,51,52)(H,53,54)(H,62,63)/t20-,21-,22-,23-,24-,25-,26-,27-,31-/m0/s1. The third-order valence-electron chi connectivity index (χ3n) is 9.51. The van der Waals surface area contributed by atoms with Crippen molar-refractivity contribution in [2.45, 2.75) is 155 Å². The Balaban J connectivity index is 6.58. The number of unbranched alkanes of at least 4 members (excludes halogenated alkanes) is 1. The molecule has 0 aliphatic heterocycles. The van der Waals surface area contributed by atoms with Gasteiger partial charge < -0.3 is 69.7 Å². The normalized spacial score (nSPS) is 15.4. The quantitative estimate of drug-likeness (QED) is 0.0307. The minimum Gasteiger partial charge on any atom is -0.481 e. The summed E-state index contributed by atoms with van der Waals surface area (Å²) in [6.07, 6.45) is -1.72. The molecular weight excluding hydrogens is 832 g/mol. The fraction of sp³-hybridized carbons (Fsp3) is 0.718. The van der Waals surface area contributed by atoms with Gasteiger partial charge in [-0.15, -0.1) is 0 Å². The summed E-state index contributed by atoms with van der Waals surface area (Å²) in [6.45, 7) is 11.9. The molecule has 0 heterocycles. The van der Waals surface area contributed by atoms with Crippen molar-refractivity contribution in [3.8, 4) is 0 Å². The van der Waals surface area contributed by atoms with E-state index < -0.39 is 139 Å². The maximum atomic E-state index is 13.9. The summed E-state index contributed by atoms with van der Waals surface area (Å²) < 4.78 is 0. The first kappa shape index (κ1) is 57.1. The zero-order valence-corrected chi connectivity index (χ0v) is 37.0. The second kappa shape index (κ2) is 28.6. The van der Waals surface area contributed by atoms with Gasteiger partial charge in [-0.1, -0.05) is 48.0 Å². The van der Waals surface area contributed by atoms with Gasteiger partial charge in [0, 0.05) is 0 Å². The molecule has 0 saturated heterocycles. The number of rotatable bonds is 31. The van der Waals surface area contributed by atoms with Gasteiger partial charge in [0.15, 0.2) is 0 Å².